The molecule has 41 heavy (non-hydrogen) atoms. The molecule has 0 saturated carbocycles. The summed E-state index contributed by atoms with van der Waals surface area (Å²) in [6, 6.07) is 5.29. The van der Waals surface area contributed by atoms with Crippen LogP contribution in [0, 0.1) is 0 Å². The molecule has 0 radical (unpaired) electrons. The predicted octanol–water partition coefficient (Wildman–Crippen LogP) is 6.27. The van der Waals surface area contributed by atoms with E-state index in [0.717, 1.165) is 23.2 Å². The predicted molar refractivity (Wildman–Crippen MR) is 135 cm³/mol. The Hall–Kier alpha value is -3.46. The second-order valence-electron chi connectivity index (χ2n) is 9.30. The summed E-state index contributed by atoms with van der Waals surface area (Å²) in [5.41, 5.74) is -1.27. The fourth-order valence-corrected chi connectivity index (χ4v) is 5.85. The first-order valence-electron chi connectivity index (χ1n) is 12.3. The third-order valence-electron chi connectivity index (χ3n) is 6.64. The Kier molecular flexibility index (Phi) is 8.10. The van der Waals surface area contributed by atoms with E-state index in [1.165, 1.54) is 23.5 Å². The number of oxime groups is 1. The number of ether oxygens (including phenoxy) is 1. The monoisotopic (exact) mass is 619 g/mol. The van der Waals surface area contributed by atoms with Crippen LogP contribution in [0.1, 0.15) is 58.8 Å². The van der Waals surface area contributed by atoms with Gasteiger partial charge in [-0.3, -0.25) is 4.79 Å². The second-order valence-corrected chi connectivity index (χ2v) is 10.6. The molecule has 0 N–H and O–H groups in total. The van der Waals surface area contributed by atoms with Gasteiger partial charge in [-0.25, -0.2) is 4.98 Å². The van der Waals surface area contributed by atoms with Gasteiger partial charge in [-0.2, -0.15) is 26.3 Å². The van der Waals surface area contributed by atoms with E-state index in [-0.39, 0.29) is 34.7 Å². The maximum absolute atomic E-state index is 13.5. The average molecular weight is 620 g/mol. The quantitative estimate of drug-likeness (QED) is 0.302. The molecule has 218 valence electrons. The van der Waals surface area contributed by atoms with Crippen molar-refractivity contribution < 1.29 is 40.7 Å². The number of hydrogen-bond donors (Lipinski definition) is 0. The van der Waals surface area contributed by atoms with Crippen LogP contribution in [-0.4, -0.2) is 51.4 Å². The summed E-state index contributed by atoms with van der Waals surface area (Å²) >= 11 is 7.49. The Morgan fingerprint density at radius 1 is 1.07 bits per heavy atom. The molecule has 16 heteroatoms. The Morgan fingerprint density at radius 2 is 1.83 bits per heavy atom. The lowest BCUT2D eigenvalue weighted by molar-refractivity contribution is -0.142. The molecule has 8 nitrogen and oxygen atoms in total. The van der Waals surface area contributed by atoms with Gasteiger partial charge in [0.1, 0.15) is 5.71 Å². The summed E-state index contributed by atoms with van der Waals surface area (Å²) in [4.78, 5) is 24.1. The van der Waals surface area contributed by atoms with Gasteiger partial charge in [0.2, 0.25) is 5.88 Å². The minimum atomic E-state index is -4.62. The summed E-state index contributed by atoms with van der Waals surface area (Å²) in [5, 5.41) is 12.9. The topological polar surface area (TPSA) is 89.8 Å². The summed E-state index contributed by atoms with van der Waals surface area (Å²) in [6.07, 6.45) is -8.92. The number of hydrogen-bond acceptors (Lipinski definition) is 8. The largest absolute Gasteiger partial charge is 0.466 e. The molecule has 4 heterocycles. The van der Waals surface area contributed by atoms with Gasteiger partial charge in [-0.15, -0.1) is 21.5 Å². The molecule has 3 aromatic rings. The lowest BCUT2D eigenvalue weighted by Gasteiger charge is -2.31. The van der Waals surface area contributed by atoms with E-state index in [4.69, 9.17) is 21.2 Å². The number of carbonyl (C=O) groups excluding carboxylic acids is 1. The van der Waals surface area contributed by atoms with Crippen LogP contribution in [0.5, 0.6) is 5.88 Å². The van der Waals surface area contributed by atoms with Crippen molar-refractivity contribution >= 4 is 34.6 Å². The fraction of sp³-hybridized carbons (Fsp3) is 0.400. The third-order valence-corrected chi connectivity index (χ3v) is 7.97. The molecule has 1 atom stereocenters. The maximum atomic E-state index is 13.5. The Balaban J connectivity index is 1.14. The van der Waals surface area contributed by atoms with Crippen molar-refractivity contribution in [1.82, 2.24) is 20.1 Å². The molecule has 2 aliphatic rings. The summed E-state index contributed by atoms with van der Waals surface area (Å²) in [5.74, 6) is -0.480. The van der Waals surface area contributed by atoms with Crippen molar-refractivity contribution in [3.05, 3.63) is 68.3 Å². The first-order valence-corrected chi connectivity index (χ1v) is 13.5. The highest BCUT2D eigenvalue weighted by atomic mass is 35.5. The van der Waals surface area contributed by atoms with Gasteiger partial charge >= 0.3 is 12.4 Å². The van der Waals surface area contributed by atoms with Gasteiger partial charge in [0.15, 0.2) is 18.4 Å². The molecular weight excluding hydrogens is 600 g/mol. The van der Waals surface area contributed by atoms with Crippen molar-refractivity contribution in [2.45, 2.75) is 43.6 Å². The van der Waals surface area contributed by atoms with Crippen molar-refractivity contribution in [2.75, 3.05) is 19.7 Å². The number of likely N-dealkylation sites (tertiary alicyclic amines) is 1. The van der Waals surface area contributed by atoms with Gasteiger partial charge in [0, 0.05) is 47.5 Å². The number of rotatable bonds is 6. The molecule has 2 aliphatic heterocycles. The van der Waals surface area contributed by atoms with E-state index >= 15 is 0 Å². The van der Waals surface area contributed by atoms with Crippen LogP contribution in [0.3, 0.4) is 0 Å². The highest BCUT2D eigenvalue weighted by molar-refractivity contribution is 7.10. The van der Waals surface area contributed by atoms with E-state index in [1.807, 2.05) is 0 Å². The van der Waals surface area contributed by atoms with E-state index in [9.17, 15) is 31.1 Å². The average Bonchev–Trinajstić information content (AvgIpc) is 3.61. The number of piperidine rings is 1. The second kappa shape index (κ2) is 11.4. The first-order chi connectivity index (χ1) is 19.4. The molecule has 0 aliphatic carbocycles. The third kappa shape index (κ3) is 6.56. The molecular formula is C25H20ClF6N5O3S. The highest BCUT2D eigenvalue weighted by Gasteiger charge is 2.39. The van der Waals surface area contributed by atoms with E-state index in [2.05, 4.69) is 20.3 Å². The van der Waals surface area contributed by atoms with Gasteiger partial charge in [0.25, 0.3) is 5.91 Å². The number of thiazole rings is 1. The van der Waals surface area contributed by atoms with Crippen LogP contribution in [0.25, 0.3) is 0 Å². The summed E-state index contributed by atoms with van der Waals surface area (Å²) < 4.78 is 83.6. The lowest BCUT2D eigenvalue weighted by Crippen LogP contribution is -2.40. The molecule has 2 aromatic heterocycles. The molecule has 1 amide bonds. The van der Waals surface area contributed by atoms with E-state index in [1.54, 1.807) is 10.3 Å². The molecule has 1 aromatic carbocycles. The maximum Gasteiger partial charge on any atom is 0.435 e. The van der Waals surface area contributed by atoms with Crippen molar-refractivity contribution in [3.63, 3.8) is 0 Å². The minimum Gasteiger partial charge on any atom is -0.466 e. The molecule has 0 spiro atoms. The highest BCUT2D eigenvalue weighted by Crippen LogP contribution is 2.42. The zero-order valence-electron chi connectivity index (χ0n) is 20.9. The Bertz CT molecular complexity index is 1440. The molecule has 1 fully saturated rings. The van der Waals surface area contributed by atoms with Crippen LogP contribution in [0.15, 0.2) is 40.9 Å². The van der Waals surface area contributed by atoms with E-state index in [0.29, 0.717) is 37.3 Å². The zero-order chi connectivity index (χ0) is 29.4. The molecule has 0 bridgehead atoms. The summed E-state index contributed by atoms with van der Waals surface area (Å²) in [6.45, 7) is 0.438. The number of nitrogens with zero attached hydrogens (tertiary/aromatic N) is 5. The first kappa shape index (κ1) is 29.0. The standard InChI is InChI=1S/C25H20ClF6N5O3S/c26-15-3-1-2-14(24(27,28)29)22(15)18-10-16(36-40-18)17-12-41-23(33-17)13-6-8-37(9-7-13)21(38)11-39-20-5-4-19(34-35-20)25(30,31)32/h1-5,12-13,18H,6-11H2. The number of carbonyl (C=O) groups is 1. The van der Waals surface area contributed by atoms with Gasteiger partial charge in [-0.05, 0) is 31.0 Å². The molecule has 1 unspecified atom stereocenters. The number of benzene rings is 1. The number of aromatic nitrogens is 3. The molecule has 1 saturated heterocycles. The lowest BCUT2D eigenvalue weighted by atomic mass is 9.97. The number of alkyl halides is 6. The Morgan fingerprint density at radius 3 is 2.49 bits per heavy atom. The van der Waals surface area contributed by atoms with Crippen LogP contribution in [0.2, 0.25) is 5.02 Å². The normalized spacial score (nSPS) is 18.3. The van der Waals surface area contributed by atoms with Crippen LogP contribution < -0.4 is 4.74 Å². The number of halogens is 7. The SMILES string of the molecule is O=C(COc1ccc(C(F)(F)F)nn1)N1CCC(c2nc(C3=NOC(c4c(Cl)cccc4C(F)(F)F)C3)cs2)CC1. The van der Waals surface area contributed by atoms with E-state index < -0.39 is 36.3 Å². The Labute approximate surface area is 237 Å². The van der Waals surface area contributed by atoms with Gasteiger partial charge in [0.05, 0.1) is 16.3 Å². The fourth-order valence-electron chi connectivity index (χ4n) is 4.55. The van der Waals surface area contributed by atoms with Crippen molar-refractivity contribution in [2.24, 2.45) is 5.16 Å². The molecule has 5 rings (SSSR count). The minimum absolute atomic E-state index is 0.0543. The smallest absolute Gasteiger partial charge is 0.435 e. The number of amides is 1. The van der Waals surface area contributed by atoms with Crippen molar-refractivity contribution in [1.29, 1.82) is 0 Å². The van der Waals surface area contributed by atoms with Crippen molar-refractivity contribution in [3.8, 4) is 5.88 Å². The van der Waals surface area contributed by atoms with Gasteiger partial charge < -0.3 is 14.5 Å². The zero-order valence-corrected chi connectivity index (χ0v) is 22.4. The summed E-state index contributed by atoms with van der Waals surface area (Å²) in [7, 11) is 0. The van der Waals surface area contributed by atoms with Crippen LogP contribution in [0.4, 0.5) is 26.3 Å². The van der Waals surface area contributed by atoms with Crippen LogP contribution in [-0.2, 0) is 22.0 Å². The van der Waals surface area contributed by atoms with Crippen LogP contribution >= 0.6 is 22.9 Å². The van der Waals surface area contributed by atoms with Gasteiger partial charge in [-0.1, -0.05) is 22.8 Å².